The number of H-pyrrole nitrogens is 1. The molecule has 73 heavy (non-hydrogen) atoms. The summed E-state index contributed by atoms with van der Waals surface area (Å²) in [6.45, 7) is 4.42. The number of aromatic amines is 1. The number of hydrogen-bond acceptors (Lipinski definition) is 10. The van der Waals surface area contributed by atoms with Crippen LogP contribution in [0.2, 0.25) is 0 Å². The summed E-state index contributed by atoms with van der Waals surface area (Å²) in [4.78, 5) is 60.9. The molecule has 2 atom stereocenters. The molecule has 7 aromatic rings. The Kier molecular flexibility index (Phi) is 16.6. The molecule has 2 fully saturated rings. The lowest BCUT2D eigenvalue weighted by Gasteiger charge is -2.33. The number of aromatic hydroxyl groups is 1. The minimum atomic E-state index is -0.849. The Hall–Kier alpha value is -7.71. The quantitative estimate of drug-likeness (QED) is 0.0282. The van der Waals surface area contributed by atoms with Gasteiger partial charge in [-0.05, 0) is 145 Å². The number of fused-ring (bicyclic) bond motifs is 1. The lowest BCUT2D eigenvalue weighted by molar-refractivity contribution is -0.146. The summed E-state index contributed by atoms with van der Waals surface area (Å²) in [6, 6.07) is 48.5. The van der Waals surface area contributed by atoms with Crippen molar-refractivity contribution in [2.45, 2.75) is 63.3 Å². The molecule has 0 bridgehead atoms. The van der Waals surface area contributed by atoms with Crippen LogP contribution in [0.15, 0.2) is 168 Å². The third-order valence-corrected chi connectivity index (χ3v) is 13.9. The lowest BCUT2D eigenvalue weighted by atomic mass is 9.81. The zero-order valence-corrected chi connectivity index (χ0v) is 40.7. The molecule has 374 valence electrons. The maximum absolute atomic E-state index is 13.8. The van der Waals surface area contributed by atoms with Crippen molar-refractivity contribution in [2.75, 3.05) is 32.8 Å². The molecule has 1 aliphatic heterocycles. The van der Waals surface area contributed by atoms with E-state index in [-0.39, 0.29) is 54.2 Å². The van der Waals surface area contributed by atoms with Crippen LogP contribution < -0.4 is 20.9 Å². The van der Waals surface area contributed by atoms with Gasteiger partial charge in [-0.1, -0.05) is 103 Å². The number of aliphatic hydroxyl groups excluding tert-OH is 1. The molecule has 13 heteroatoms. The van der Waals surface area contributed by atoms with Crippen LogP contribution in [0.1, 0.15) is 91.8 Å². The lowest BCUT2D eigenvalue weighted by Crippen LogP contribution is -2.44. The normalized spacial score (nSPS) is 16.9. The summed E-state index contributed by atoms with van der Waals surface area (Å²) in [7, 11) is 0. The van der Waals surface area contributed by atoms with Gasteiger partial charge in [-0.15, -0.1) is 0 Å². The third kappa shape index (κ3) is 13.4. The fourth-order valence-electron chi connectivity index (χ4n) is 9.61. The Morgan fingerprint density at radius 1 is 0.767 bits per heavy atom. The van der Waals surface area contributed by atoms with E-state index in [1.165, 1.54) is 17.7 Å². The van der Waals surface area contributed by atoms with Crippen molar-refractivity contribution in [3.63, 3.8) is 0 Å². The molecular formula is C60H61N5O8. The second-order valence-electron chi connectivity index (χ2n) is 19.2. The Morgan fingerprint density at radius 3 is 2.22 bits per heavy atom. The molecule has 9 rings (SSSR count). The van der Waals surface area contributed by atoms with E-state index < -0.39 is 12.0 Å². The van der Waals surface area contributed by atoms with Crippen LogP contribution in [0.5, 0.6) is 11.5 Å². The molecule has 1 saturated carbocycles. The number of aliphatic imine (C=N–C) groups is 1. The summed E-state index contributed by atoms with van der Waals surface area (Å²) in [6.07, 6.45) is 4.87. The van der Waals surface area contributed by atoms with E-state index in [0.29, 0.717) is 71.7 Å². The van der Waals surface area contributed by atoms with Crippen LogP contribution in [0, 0.1) is 11.8 Å². The minimum absolute atomic E-state index is 0.0114. The Balaban J connectivity index is 0.683. The number of benzene rings is 6. The average Bonchev–Trinajstić information content (AvgIpc) is 3.41. The highest BCUT2D eigenvalue weighted by atomic mass is 16.5. The van der Waals surface area contributed by atoms with E-state index in [1.807, 2.05) is 84.9 Å². The summed E-state index contributed by atoms with van der Waals surface area (Å²) in [5.41, 5.74) is 6.45. The Morgan fingerprint density at radius 2 is 1.47 bits per heavy atom. The van der Waals surface area contributed by atoms with Gasteiger partial charge in [0.1, 0.15) is 24.0 Å². The number of aliphatic hydroxyl groups is 1. The molecule has 2 heterocycles. The van der Waals surface area contributed by atoms with Crippen molar-refractivity contribution in [2.24, 2.45) is 16.8 Å². The number of carbonyl (C=O) groups is 3. The van der Waals surface area contributed by atoms with Gasteiger partial charge in [0.05, 0.1) is 18.2 Å². The molecule has 1 unspecified atom stereocenters. The van der Waals surface area contributed by atoms with Crippen molar-refractivity contribution >= 4 is 34.9 Å². The van der Waals surface area contributed by atoms with Crippen LogP contribution in [-0.4, -0.2) is 82.9 Å². The first-order valence-electron chi connectivity index (χ1n) is 25.1. The number of amides is 2. The van der Waals surface area contributed by atoms with E-state index >= 15 is 0 Å². The predicted octanol–water partition coefficient (Wildman–Crippen LogP) is 8.69. The van der Waals surface area contributed by atoms with E-state index in [1.54, 1.807) is 42.6 Å². The zero-order valence-electron chi connectivity index (χ0n) is 40.7. The molecule has 5 N–H and O–H groups in total. The van der Waals surface area contributed by atoms with Gasteiger partial charge in [-0.2, -0.15) is 0 Å². The van der Waals surface area contributed by atoms with E-state index in [9.17, 15) is 29.4 Å². The summed E-state index contributed by atoms with van der Waals surface area (Å²) < 4.78 is 12.3. The maximum Gasteiger partial charge on any atom is 0.317 e. The Bertz CT molecular complexity index is 3060. The van der Waals surface area contributed by atoms with Gasteiger partial charge >= 0.3 is 5.97 Å². The molecule has 2 aliphatic rings. The van der Waals surface area contributed by atoms with Gasteiger partial charge in [-0.3, -0.25) is 24.1 Å². The van der Waals surface area contributed by atoms with Gasteiger partial charge in [-0.25, -0.2) is 4.99 Å². The van der Waals surface area contributed by atoms with E-state index in [4.69, 9.17) is 9.47 Å². The first-order chi connectivity index (χ1) is 35.6. The molecule has 0 spiro atoms. The van der Waals surface area contributed by atoms with Crippen LogP contribution >= 0.6 is 0 Å². The van der Waals surface area contributed by atoms with Gasteiger partial charge in [0.2, 0.25) is 5.56 Å². The number of phenols is 1. The van der Waals surface area contributed by atoms with Crippen molar-refractivity contribution in [3.05, 3.63) is 213 Å². The monoisotopic (exact) mass is 979 g/mol. The number of phenolic OH excluding ortho intramolecular Hbond substituents is 1. The molecule has 1 saturated heterocycles. The molecule has 1 aromatic heterocycles. The van der Waals surface area contributed by atoms with Gasteiger partial charge in [0.15, 0.2) is 0 Å². The molecule has 6 aromatic carbocycles. The number of carbonyl (C=O) groups excluding carboxylic acids is 3. The topological polar surface area (TPSA) is 183 Å². The second kappa shape index (κ2) is 24.1. The third-order valence-electron chi connectivity index (χ3n) is 13.9. The number of pyridine rings is 1. The van der Waals surface area contributed by atoms with Crippen molar-refractivity contribution in [1.29, 1.82) is 0 Å². The second-order valence-corrected chi connectivity index (χ2v) is 19.2. The van der Waals surface area contributed by atoms with Crippen LogP contribution in [0.4, 0.5) is 0 Å². The number of rotatable bonds is 20. The van der Waals surface area contributed by atoms with Gasteiger partial charge < -0.3 is 35.3 Å². The largest absolute Gasteiger partial charge is 0.506 e. The van der Waals surface area contributed by atoms with Crippen LogP contribution in [0.3, 0.4) is 0 Å². The molecular weight excluding hydrogens is 919 g/mol. The standard InChI is InChI=1S/C60H61N5O8/c66-53-24-22-51(52-23-25-55(68)64-57(52)53)54(67)36-61-29-26-40-14-18-47(19-15-40)59(70)63-49-32-44(33-49)35-62-58(69)46-20-16-42(17-21-46)38-72-50-13-7-12-48(34-50)56(45-10-5-2-6-11-45)60(71)73-39-43-27-30-65(31-28-43)37-41-8-3-1-4-9-41/h1-25,34-35,43-44,49,54,56,61,66-67H,26-33,36-39H2,(H,63,70)(H,64,68)/t44?,49?,54-,56?/m0/s1. The number of esters is 1. The number of hydrogen-bond donors (Lipinski definition) is 5. The Labute approximate surface area is 424 Å². The van der Waals surface area contributed by atoms with Crippen molar-refractivity contribution < 1.29 is 34.1 Å². The number of piperidine rings is 1. The van der Waals surface area contributed by atoms with E-state index in [0.717, 1.165) is 54.7 Å². The predicted molar refractivity (Wildman–Crippen MR) is 282 cm³/mol. The molecule has 13 nitrogen and oxygen atoms in total. The first kappa shape index (κ1) is 50.2. The van der Waals surface area contributed by atoms with Crippen molar-refractivity contribution in [3.8, 4) is 11.5 Å². The highest BCUT2D eigenvalue weighted by Gasteiger charge is 2.30. The van der Waals surface area contributed by atoms with Gasteiger partial charge in [0, 0.05) is 47.9 Å². The fraction of sp³-hybridized carbons (Fsp3) is 0.283. The first-order valence-corrected chi connectivity index (χ1v) is 25.1. The zero-order chi connectivity index (χ0) is 50.5. The maximum atomic E-state index is 13.8. The number of aromatic nitrogens is 1. The molecule has 2 amide bonds. The van der Waals surface area contributed by atoms with Crippen LogP contribution in [0.25, 0.3) is 10.9 Å². The van der Waals surface area contributed by atoms with E-state index in [2.05, 4.69) is 49.8 Å². The average molecular weight is 980 g/mol. The SMILES string of the molecule is O=C(N=CC1CC(NC(=O)c2ccc(CCNC[C@H](O)c3ccc(O)c4[nH]c(=O)ccc34)cc2)C1)c1ccc(COc2cccc(C(C(=O)OCC3CCN(Cc4ccccc4)CC3)c3ccccc3)c2)cc1. The summed E-state index contributed by atoms with van der Waals surface area (Å²) in [5, 5.41) is 27.9. The number of ether oxygens (including phenoxy) is 2. The smallest absolute Gasteiger partial charge is 0.317 e. The fourth-order valence-corrected chi connectivity index (χ4v) is 9.61. The summed E-state index contributed by atoms with van der Waals surface area (Å²) in [5.74, 6) is -0.399. The minimum Gasteiger partial charge on any atom is -0.506 e. The summed E-state index contributed by atoms with van der Waals surface area (Å²) >= 11 is 0. The molecule has 1 aliphatic carbocycles. The van der Waals surface area contributed by atoms with Gasteiger partial charge in [0.25, 0.3) is 11.8 Å². The number of nitrogens with one attached hydrogen (secondary N) is 3. The highest BCUT2D eigenvalue weighted by molar-refractivity contribution is 5.99. The number of likely N-dealkylation sites (tertiary alicyclic amines) is 1. The highest BCUT2D eigenvalue weighted by Crippen LogP contribution is 2.32. The molecule has 0 radical (unpaired) electrons. The van der Waals surface area contributed by atoms with Crippen LogP contribution in [-0.2, 0) is 29.1 Å². The van der Waals surface area contributed by atoms with Crippen molar-refractivity contribution in [1.82, 2.24) is 20.5 Å². The number of nitrogens with zero attached hydrogens (tertiary/aromatic N) is 2.